The van der Waals surface area contributed by atoms with Crippen LogP contribution in [0.1, 0.15) is 44.2 Å². The van der Waals surface area contributed by atoms with Gasteiger partial charge in [0.2, 0.25) is 0 Å². The number of pyridine rings is 1. The average Bonchev–Trinajstić information content (AvgIpc) is 3.28. The minimum Gasteiger partial charge on any atom is -0.375 e. The molecule has 1 aromatic carbocycles. The summed E-state index contributed by atoms with van der Waals surface area (Å²) < 4.78 is 27.2. The van der Waals surface area contributed by atoms with E-state index in [0.717, 1.165) is 46.3 Å². The fourth-order valence-electron chi connectivity index (χ4n) is 4.23. The Labute approximate surface area is 161 Å². The Balaban J connectivity index is 1.76. The Hall–Kier alpha value is -2.80. The van der Waals surface area contributed by atoms with Crippen molar-refractivity contribution in [2.45, 2.75) is 44.8 Å². The molecule has 0 bridgehead atoms. The third-order valence-corrected chi connectivity index (χ3v) is 5.42. The van der Waals surface area contributed by atoms with Crippen LogP contribution in [0.25, 0.3) is 21.9 Å². The topological polar surface area (TPSA) is 66.0 Å². The number of fused-ring (bicyclic) bond motifs is 3. The van der Waals surface area contributed by atoms with E-state index < -0.39 is 0 Å². The zero-order chi connectivity index (χ0) is 19.3. The number of halogens is 1. The van der Waals surface area contributed by atoms with Crippen LogP contribution in [-0.4, -0.2) is 31.9 Å². The van der Waals surface area contributed by atoms with Crippen molar-refractivity contribution in [2.75, 3.05) is 6.61 Å². The monoisotopic (exact) mass is 380 g/mol. The molecule has 1 saturated heterocycles. The summed E-state index contributed by atoms with van der Waals surface area (Å²) in [7, 11) is 0. The molecule has 0 amide bonds. The van der Waals surface area contributed by atoms with Crippen molar-refractivity contribution in [2.24, 2.45) is 0 Å². The maximum Gasteiger partial charge on any atom is 0.124 e. The maximum atomic E-state index is 14.1. The molecule has 144 valence electrons. The minimum atomic E-state index is -0.278. The highest BCUT2D eigenvalue weighted by atomic mass is 19.1. The highest BCUT2D eigenvalue weighted by molar-refractivity contribution is 6.02. The maximum absolute atomic E-state index is 14.1. The third kappa shape index (κ3) is 2.96. The SMILES string of the molecule is CC1(C)CC(n2c(Cc3ccon3)nc3cnc4ccc(F)cc4c32)CCO1. The summed E-state index contributed by atoms with van der Waals surface area (Å²) in [5, 5.41) is 4.82. The standard InChI is InChI=1S/C21H21FN4O2/c1-21(2)11-15(6-7-27-21)26-19(10-14-5-8-28-25-14)24-18-12-23-17-4-3-13(22)9-16(17)20(18)26/h3-5,8-9,12,15H,6-7,10-11H2,1-2H3. The van der Waals surface area contributed by atoms with Gasteiger partial charge in [-0.2, -0.15) is 0 Å². The lowest BCUT2D eigenvalue weighted by Gasteiger charge is -2.37. The van der Waals surface area contributed by atoms with Gasteiger partial charge in [-0.05, 0) is 44.9 Å². The second kappa shape index (κ2) is 6.38. The molecule has 1 atom stereocenters. The van der Waals surface area contributed by atoms with Gasteiger partial charge in [0.25, 0.3) is 0 Å². The largest absolute Gasteiger partial charge is 0.375 e. The van der Waals surface area contributed by atoms with Crippen LogP contribution < -0.4 is 0 Å². The minimum absolute atomic E-state index is 0.199. The molecule has 6 nitrogen and oxygen atoms in total. The summed E-state index contributed by atoms with van der Waals surface area (Å²) in [6.07, 6.45) is 5.60. The molecule has 7 heteroatoms. The van der Waals surface area contributed by atoms with E-state index in [0.29, 0.717) is 13.0 Å². The van der Waals surface area contributed by atoms with E-state index >= 15 is 0 Å². The number of hydrogen-bond donors (Lipinski definition) is 0. The smallest absolute Gasteiger partial charge is 0.124 e. The molecular formula is C21H21FN4O2. The fraction of sp³-hybridized carbons (Fsp3) is 0.381. The normalized spacial score (nSPS) is 19.5. The summed E-state index contributed by atoms with van der Waals surface area (Å²) in [6.45, 7) is 4.89. The van der Waals surface area contributed by atoms with Crippen LogP contribution in [0.4, 0.5) is 4.39 Å². The Bertz CT molecular complexity index is 1150. The number of ether oxygens (including phenoxy) is 1. The van der Waals surface area contributed by atoms with Crippen molar-refractivity contribution in [3.05, 3.63) is 54.1 Å². The lowest BCUT2D eigenvalue weighted by Crippen LogP contribution is -2.35. The molecule has 1 aliphatic heterocycles. The predicted molar refractivity (Wildman–Crippen MR) is 103 cm³/mol. The molecular weight excluding hydrogens is 359 g/mol. The van der Waals surface area contributed by atoms with Crippen LogP contribution in [0.5, 0.6) is 0 Å². The molecule has 0 saturated carbocycles. The lowest BCUT2D eigenvalue weighted by atomic mass is 9.93. The van der Waals surface area contributed by atoms with E-state index in [9.17, 15) is 4.39 Å². The number of imidazole rings is 1. The van der Waals surface area contributed by atoms with Crippen LogP contribution in [0, 0.1) is 5.82 Å². The number of nitrogens with zero attached hydrogens (tertiary/aromatic N) is 4. The number of rotatable bonds is 3. The van der Waals surface area contributed by atoms with E-state index in [1.807, 2.05) is 6.07 Å². The van der Waals surface area contributed by atoms with E-state index in [2.05, 4.69) is 28.6 Å². The first-order chi connectivity index (χ1) is 13.5. The second-order valence-electron chi connectivity index (χ2n) is 7.97. The van der Waals surface area contributed by atoms with Gasteiger partial charge < -0.3 is 13.8 Å². The molecule has 0 radical (unpaired) electrons. The van der Waals surface area contributed by atoms with Gasteiger partial charge in [-0.15, -0.1) is 0 Å². The molecule has 0 N–H and O–H groups in total. The number of aromatic nitrogens is 4. The van der Waals surface area contributed by atoms with Gasteiger partial charge in [-0.3, -0.25) is 4.98 Å². The van der Waals surface area contributed by atoms with Gasteiger partial charge in [0.05, 0.1) is 34.9 Å². The zero-order valence-corrected chi connectivity index (χ0v) is 15.9. The van der Waals surface area contributed by atoms with Crippen LogP contribution >= 0.6 is 0 Å². The van der Waals surface area contributed by atoms with E-state index in [1.165, 1.54) is 6.07 Å². The molecule has 1 fully saturated rings. The molecule has 0 aliphatic carbocycles. The highest BCUT2D eigenvalue weighted by Crippen LogP contribution is 2.37. The summed E-state index contributed by atoms with van der Waals surface area (Å²) in [5.74, 6) is 0.602. The van der Waals surface area contributed by atoms with Crippen LogP contribution in [0.3, 0.4) is 0 Å². The van der Waals surface area contributed by atoms with Crippen LogP contribution in [0.2, 0.25) is 0 Å². The van der Waals surface area contributed by atoms with E-state index in [1.54, 1.807) is 24.6 Å². The Morgan fingerprint density at radius 2 is 2.14 bits per heavy atom. The summed E-state index contributed by atoms with van der Waals surface area (Å²) in [4.78, 5) is 9.32. The van der Waals surface area contributed by atoms with Crippen LogP contribution in [-0.2, 0) is 11.2 Å². The lowest BCUT2D eigenvalue weighted by molar-refractivity contribution is -0.0688. The van der Waals surface area contributed by atoms with Crippen LogP contribution in [0.15, 0.2) is 41.2 Å². The Kier molecular flexibility index (Phi) is 3.94. The van der Waals surface area contributed by atoms with Crippen molar-refractivity contribution in [1.82, 2.24) is 19.7 Å². The van der Waals surface area contributed by atoms with Gasteiger partial charge in [0, 0.05) is 24.1 Å². The second-order valence-corrected chi connectivity index (χ2v) is 7.97. The molecule has 4 heterocycles. The molecule has 1 aliphatic rings. The number of benzene rings is 1. The van der Waals surface area contributed by atoms with Crippen molar-refractivity contribution in [1.29, 1.82) is 0 Å². The summed E-state index contributed by atoms with van der Waals surface area (Å²) >= 11 is 0. The Morgan fingerprint density at radius 1 is 1.25 bits per heavy atom. The van der Waals surface area contributed by atoms with Gasteiger partial charge in [-0.1, -0.05) is 5.16 Å². The first-order valence-electron chi connectivity index (χ1n) is 9.48. The van der Waals surface area contributed by atoms with Crippen molar-refractivity contribution < 1.29 is 13.7 Å². The predicted octanol–water partition coefficient (Wildman–Crippen LogP) is 4.43. The van der Waals surface area contributed by atoms with Crippen molar-refractivity contribution in [3.63, 3.8) is 0 Å². The first kappa shape index (κ1) is 17.3. The highest BCUT2D eigenvalue weighted by Gasteiger charge is 2.32. The van der Waals surface area contributed by atoms with Gasteiger partial charge in [-0.25, -0.2) is 9.37 Å². The molecule has 1 unspecified atom stereocenters. The molecule has 3 aromatic heterocycles. The summed E-state index contributed by atoms with van der Waals surface area (Å²) in [6, 6.07) is 6.74. The van der Waals surface area contributed by atoms with Crippen molar-refractivity contribution in [3.8, 4) is 0 Å². The summed E-state index contributed by atoms with van der Waals surface area (Å²) in [5.41, 5.74) is 3.03. The van der Waals surface area contributed by atoms with Gasteiger partial charge in [0.1, 0.15) is 23.4 Å². The average molecular weight is 380 g/mol. The first-order valence-corrected chi connectivity index (χ1v) is 9.48. The number of hydrogen-bond acceptors (Lipinski definition) is 5. The third-order valence-electron chi connectivity index (χ3n) is 5.42. The molecule has 4 aromatic rings. The zero-order valence-electron chi connectivity index (χ0n) is 15.9. The van der Waals surface area contributed by atoms with Gasteiger partial charge >= 0.3 is 0 Å². The quantitative estimate of drug-likeness (QED) is 0.526. The molecule has 5 rings (SSSR count). The molecule has 28 heavy (non-hydrogen) atoms. The van der Waals surface area contributed by atoms with Gasteiger partial charge in [0.15, 0.2) is 0 Å². The fourth-order valence-corrected chi connectivity index (χ4v) is 4.23. The van der Waals surface area contributed by atoms with E-state index in [-0.39, 0.29) is 17.5 Å². The Morgan fingerprint density at radius 3 is 2.93 bits per heavy atom. The van der Waals surface area contributed by atoms with Crippen molar-refractivity contribution >= 4 is 21.9 Å². The molecule has 0 spiro atoms. The van der Waals surface area contributed by atoms with E-state index in [4.69, 9.17) is 14.2 Å².